The van der Waals surface area contributed by atoms with Crippen LogP contribution in [0.1, 0.15) is 116 Å². The molecular formula is C22H42BNO3. The van der Waals surface area contributed by atoms with E-state index in [4.69, 9.17) is 0 Å². The van der Waals surface area contributed by atoms with Crippen LogP contribution in [0.5, 0.6) is 0 Å². The molecule has 3 N–H and O–H groups in total. The molecule has 0 aromatic carbocycles. The van der Waals surface area contributed by atoms with Crippen LogP contribution in [0.3, 0.4) is 0 Å². The van der Waals surface area contributed by atoms with E-state index < -0.39 is 7.12 Å². The van der Waals surface area contributed by atoms with Crippen LogP contribution in [0.4, 0.5) is 0 Å². The summed E-state index contributed by atoms with van der Waals surface area (Å²) in [7, 11) is -1.21. The van der Waals surface area contributed by atoms with E-state index in [2.05, 4.69) is 5.32 Å². The van der Waals surface area contributed by atoms with Crippen molar-refractivity contribution in [1.29, 1.82) is 0 Å². The molecule has 0 heterocycles. The monoisotopic (exact) mass is 379 g/mol. The molecule has 2 rings (SSSR count). The van der Waals surface area contributed by atoms with E-state index in [1.807, 2.05) is 0 Å². The number of carbonyl (C=O) groups is 1. The van der Waals surface area contributed by atoms with Gasteiger partial charge in [-0.05, 0) is 31.5 Å². The molecule has 0 radical (unpaired) electrons. The highest BCUT2D eigenvalue weighted by atomic mass is 16.4. The summed E-state index contributed by atoms with van der Waals surface area (Å²) in [4.78, 5) is 13.0. The molecule has 0 aromatic heterocycles. The molecule has 2 aliphatic carbocycles. The van der Waals surface area contributed by atoms with Crippen LogP contribution in [-0.2, 0) is 4.79 Å². The van der Waals surface area contributed by atoms with Crippen molar-refractivity contribution >= 4 is 13.0 Å². The van der Waals surface area contributed by atoms with Crippen molar-refractivity contribution in [1.82, 2.24) is 5.32 Å². The van der Waals surface area contributed by atoms with Gasteiger partial charge < -0.3 is 15.4 Å². The SMILES string of the molecule is O=C(NC1CCCCCCCCC1)C1CCCCCCC(B(O)O)CCC1. The van der Waals surface area contributed by atoms with Gasteiger partial charge in [0.05, 0.1) is 0 Å². The minimum atomic E-state index is -1.21. The molecule has 2 atom stereocenters. The summed E-state index contributed by atoms with van der Waals surface area (Å²) in [6.45, 7) is 0. The van der Waals surface area contributed by atoms with Crippen molar-refractivity contribution in [2.24, 2.45) is 5.92 Å². The smallest absolute Gasteiger partial charge is 0.427 e. The van der Waals surface area contributed by atoms with Gasteiger partial charge in [0.15, 0.2) is 0 Å². The Morgan fingerprint density at radius 2 is 1.07 bits per heavy atom. The zero-order valence-corrected chi connectivity index (χ0v) is 17.3. The zero-order valence-electron chi connectivity index (χ0n) is 17.3. The molecular weight excluding hydrogens is 337 g/mol. The van der Waals surface area contributed by atoms with Crippen LogP contribution in [0.2, 0.25) is 5.82 Å². The maximum Gasteiger partial charge on any atom is 0.454 e. The quantitative estimate of drug-likeness (QED) is 0.606. The highest BCUT2D eigenvalue weighted by Gasteiger charge is 2.26. The number of amides is 1. The Kier molecular flexibility index (Phi) is 11.5. The standard InChI is InChI=1S/C22H42BNO3/c25-22(24-21-17-10-4-2-1-3-5-11-18-21)19-13-8-6-7-9-15-20(23(26)27)16-12-14-19/h19-21,26-27H,1-18H2,(H,24,25). The largest absolute Gasteiger partial charge is 0.454 e. The fourth-order valence-electron chi connectivity index (χ4n) is 4.90. The van der Waals surface area contributed by atoms with Gasteiger partial charge in [0, 0.05) is 12.0 Å². The minimum Gasteiger partial charge on any atom is -0.427 e. The van der Waals surface area contributed by atoms with E-state index in [1.54, 1.807) is 0 Å². The molecule has 2 fully saturated rings. The molecule has 5 heteroatoms. The molecule has 2 saturated carbocycles. The highest BCUT2D eigenvalue weighted by Crippen LogP contribution is 2.28. The van der Waals surface area contributed by atoms with Crippen molar-refractivity contribution in [3.63, 3.8) is 0 Å². The summed E-state index contributed by atoms with van der Waals surface area (Å²) < 4.78 is 0. The van der Waals surface area contributed by atoms with Crippen LogP contribution < -0.4 is 5.32 Å². The maximum atomic E-state index is 13.0. The molecule has 1 amide bonds. The predicted octanol–water partition coefficient (Wildman–Crippen LogP) is 4.98. The van der Waals surface area contributed by atoms with Gasteiger partial charge >= 0.3 is 7.12 Å². The lowest BCUT2D eigenvalue weighted by molar-refractivity contribution is -0.126. The lowest BCUT2D eigenvalue weighted by Gasteiger charge is -2.24. The van der Waals surface area contributed by atoms with E-state index in [0.717, 1.165) is 70.6 Å². The summed E-state index contributed by atoms with van der Waals surface area (Å²) in [5.74, 6) is 0.345. The Bertz CT molecular complexity index is 395. The lowest BCUT2D eigenvalue weighted by atomic mass is 9.67. The van der Waals surface area contributed by atoms with Gasteiger partial charge in [-0.3, -0.25) is 4.79 Å². The Labute approximate surface area is 167 Å². The number of hydrogen-bond donors (Lipinski definition) is 3. The van der Waals surface area contributed by atoms with Gasteiger partial charge in [-0.25, -0.2) is 0 Å². The summed E-state index contributed by atoms with van der Waals surface area (Å²) in [5, 5.41) is 22.6. The molecule has 0 saturated heterocycles. The molecule has 0 aromatic rings. The van der Waals surface area contributed by atoms with Gasteiger partial charge in [0.25, 0.3) is 0 Å². The molecule has 0 spiro atoms. The third-order valence-corrected chi connectivity index (χ3v) is 6.75. The Balaban J connectivity index is 1.84. The summed E-state index contributed by atoms with van der Waals surface area (Å²) in [6, 6.07) is 0.362. The third kappa shape index (κ3) is 9.47. The third-order valence-electron chi connectivity index (χ3n) is 6.75. The first-order valence-corrected chi connectivity index (χ1v) is 11.8. The second kappa shape index (κ2) is 13.6. The number of nitrogens with one attached hydrogen (secondary N) is 1. The molecule has 0 bridgehead atoms. The second-order valence-corrected chi connectivity index (χ2v) is 9.05. The summed E-state index contributed by atoms with van der Waals surface area (Å²) in [6.07, 6.45) is 20.5. The number of rotatable bonds is 3. The normalized spacial score (nSPS) is 27.9. The lowest BCUT2D eigenvalue weighted by Crippen LogP contribution is -2.39. The molecule has 0 aliphatic heterocycles. The van der Waals surface area contributed by atoms with E-state index in [1.165, 1.54) is 44.9 Å². The molecule has 4 nitrogen and oxygen atoms in total. The Morgan fingerprint density at radius 3 is 1.67 bits per heavy atom. The zero-order chi connectivity index (χ0) is 19.3. The Morgan fingerprint density at radius 1 is 0.630 bits per heavy atom. The first kappa shape index (κ1) is 22.7. The van der Waals surface area contributed by atoms with Crippen molar-refractivity contribution in [3.8, 4) is 0 Å². The van der Waals surface area contributed by atoms with Crippen LogP contribution in [0.25, 0.3) is 0 Å². The molecule has 2 unspecified atom stereocenters. The first-order chi connectivity index (χ1) is 13.2. The average molecular weight is 379 g/mol. The maximum absolute atomic E-state index is 13.0. The number of hydrogen-bond acceptors (Lipinski definition) is 3. The van der Waals surface area contributed by atoms with Crippen LogP contribution in [0, 0.1) is 5.92 Å². The van der Waals surface area contributed by atoms with Gasteiger partial charge in [0.2, 0.25) is 5.91 Å². The van der Waals surface area contributed by atoms with Gasteiger partial charge in [-0.2, -0.15) is 0 Å². The van der Waals surface area contributed by atoms with Gasteiger partial charge in [-0.15, -0.1) is 0 Å². The average Bonchev–Trinajstić information content (AvgIpc) is 2.71. The predicted molar refractivity (Wildman–Crippen MR) is 112 cm³/mol. The van der Waals surface area contributed by atoms with Crippen LogP contribution in [0.15, 0.2) is 0 Å². The second-order valence-electron chi connectivity index (χ2n) is 9.05. The summed E-state index contributed by atoms with van der Waals surface area (Å²) in [5.41, 5.74) is 0. The van der Waals surface area contributed by atoms with E-state index in [-0.39, 0.29) is 17.6 Å². The molecule has 27 heavy (non-hydrogen) atoms. The van der Waals surface area contributed by atoms with Crippen LogP contribution in [-0.4, -0.2) is 29.1 Å². The van der Waals surface area contributed by atoms with Crippen molar-refractivity contribution < 1.29 is 14.8 Å². The fraction of sp³-hybridized carbons (Fsp3) is 0.955. The Hall–Kier alpha value is -0.545. The topological polar surface area (TPSA) is 69.6 Å². The van der Waals surface area contributed by atoms with Crippen molar-refractivity contribution in [2.45, 2.75) is 127 Å². The fourth-order valence-corrected chi connectivity index (χ4v) is 4.90. The van der Waals surface area contributed by atoms with Crippen LogP contribution >= 0.6 is 0 Å². The number of carbonyl (C=O) groups excluding carboxylic acids is 1. The van der Waals surface area contributed by atoms with Crippen molar-refractivity contribution in [2.75, 3.05) is 0 Å². The van der Waals surface area contributed by atoms with Gasteiger partial charge in [-0.1, -0.05) is 89.9 Å². The minimum absolute atomic E-state index is 0.0231. The van der Waals surface area contributed by atoms with Crippen molar-refractivity contribution in [3.05, 3.63) is 0 Å². The highest BCUT2D eigenvalue weighted by molar-refractivity contribution is 6.43. The van der Waals surface area contributed by atoms with E-state index in [0.29, 0.717) is 6.04 Å². The first-order valence-electron chi connectivity index (χ1n) is 11.8. The summed E-state index contributed by atoms with van der Waals surface area (Å²) >= 11 is 0. The van der Waals surface area contributed by atoms with E-state index in [9.17, 15) is 14.8 Å². The molecule has 156 valence electrons. The van der Waals surface area contributed by atoms with Gasteiger partial charge in [0.1, 0.15) is 0 Å². The van der Waals surface area contributed by atoms with E-state index >= 15 is 0 Å². The molecule has 2 aliphatic rings.